The Hall–Kier alpha value is -4.08. The zero-order chi connectivity index (χ0) is 25.5. The third-order valence-electron chi connectivity index (χ3n) is 6.06. The van der Waals surface area contributed by atoms with Crippen molar-refractivity contribution < 1.29 is 18.8 Å². The van der Waals surface area contributed by atoms with Crippen LogP contribution in [0.5, 0.6) is 0 Å². The number of nitrogens with zero attached hydrogens (tertiary/aromatic N) is 5. The molecule has 0 unspecified atom stereocenters. The maximum atomic E-state index is 13.2. The van der Waals surface area contributed by atoms with Gasteiger partial charge in [0.2, 0.25) is 5.91 Å². The Morgan fingerprint density at radius 3 is 2.67 bits per heavy atom. The number of aryl methyl sites for hydroxylation is 1. The third-order valence-corrected chi connectivity index (χ3v) is 6.06. The number of hydrogen-bond donors (Lipinski definition) is 1. The zero-order valence-electron chi connectivity index (χ0n) is 20.2. The molecule has 0 saturated carbocycles. The quantitative estimate of drug-likeness (QED) is 0.495. The maximum absolute atomic E-state index is 13.2. The number of rotatable bonds is 9. The van der Waals surface area contributed by atoms with Crippen molar-refractivity contribution in [2.75, 3.05) is 19.6 Å². The number of pyridine rings is 1. The molecule has 0 radical (unpaired) electrons. The van der Waals surface area contributed by atoms with Gasteiger partial charge in [0.15, 0.2) is 5.69 Å². The lowest BCUT2D eigenvalue weighted by Crippen LogP contribution is -2.35. The fourth-order valence-electron chi connectivity index (χ4n) is 4.08. The van der Waals surface area contributed by atoms with E-state index in [9.17, 15) is 18.8 Å². The van der Waals surface area contributed by atoms with E-state index in [0.717, 1.165) is 11.3 Å². The molecule has 1 aliphatic rings. The highest BCUT2D eigenvalue weighted by Gasteiger charge is 2.28. The number of amides is 3. The van der Waals surface area contributed by atoms with Crippen LogP contribution in [-0.4, -0.2) is 61.9 Å². The summed E-state index contributed by atoms with van der Waals surface area (Å²) >= 11 is 0. The van der Waals surface area contributed by atoms with E-state index < -0.39 is 0 Å². The first-order chi connectivity index (χ1) is 17.4. The highest BCUT2D eigenvalue weighted by Crippen LogP contribution is 2.18. The van der Waals surface area contributed by atoms with E-state index in [1.165, 1.54) is 18.2 Å². The SMILES string of the molecule is CCN(CCC(=O)NCc1ccccn1)C(=O)c1cc2n(n1)CCCN(Cc1ccc(F)cc1)C2=O. The molecule has 0 aliphatic carbocycles. The van der Waals surface area contributed by atoms with E-state index in [1.807, 2.05) is 25.1 Å². The van der Waals surface area contributed by atoms with Crippen LogP contribution in [-0.2, 0) is 24.4 Å². The van der Waals surface area contributed by atoms with Crippen LogP contribution in [0.4, 0.5) is 4.39 Å². The minimum Gasteiger partial charge on any atom is -0.350 e. The lowest BCUT2D eigenvalue weighted by Gasteiger charge is -2.20. The average Bonchev–Trinajstić information content (AvgIpc) is 3.27. The largest absolute Gasteiger partial charge is 0.350 e. The van der Waals surface area contributed by atoms with Crippen LogP contribution in [0.15, 0.2) is 54.7 Å². The van der Waals surface area contributed by atoms with Crippen LogP contribution in [0.2, 0.25) is 0 Å². The Morgan fingerprint density at radius 1 is 1.14 bits per heavy atom. The van der Waals surface area contributed by atoms with Gasteiger partial charge in [-0.2, -0.15) is 5.10 Å². The monoisotopic (exact) mass is 492 g/mol. The Balaban J connectivity index is 1.37. The van der Waals surface area contributed by atoms with Crippen molar-refractivity contribution in [2.24, 2.45) is 0 Å². The number of nitrogens with one attached hydrogen (secondary N) is 1. The second-order valence-corrected chi connectivity index (χ2v) is 8.58. The van der Waals surface area contributed by atoms with Crippen molar-refractivity contribution in [3.8, 4) is 0 Å². The minimum absolute atomic E-state index is 0.143. The molecule has 3 amide bonds. The van der Waals surface area contributed by atoms with Gasteiger partial charge in [-0.3, -0.25) is 24.0 Å². The Labute approximate surface area is 208 Å². The van der Waals surface area contributed by atoms with E-state index in [4.69, 9.17) is 0 Å². The van der Waals surface area contributed by atoms with Crippen LogP contribution < -0.4 is 5.32 Å². The maximum Gasteiger partial charge on any atom is 0.274 e. The smallest absolute Gasteiger partial charge is 0.274 e. The molecule has 4 rings (SSSR count). The van der Waals surface area contributed by atoms with Crippen LogP contribution in [0.25, 0.3) is 0 Å². The number of fused-ring (bicyclic) bond motifs is 1. The number of halogens is 1. The molecular formula is C26H29FN6O3. The molecule has 1 aromatic carbocycles. The first kappa shape index (κ1) is 25.0. The molecule has 3 heterocycles. The predicted octanol–water partition coefficient (Wildman–Crippen LogP) is 2.63. The second-order valence-electron chi connectivity index (χ2n) is 8.58. The fraction of sp³-hybridized carbons (Fsp3) is 0.346. The van der Waals surface area contributed by atoms with E-state index in [-0.39, 0.29) is 42.2 Å². The molecule has 188 valence electrons. The molecule has 0 saturated heterocycles. The number of carbonyl (C=O) groups is 3. The summed E-state index contributed by atoms with van der Waals surface area (Å²) in [6.07, 6.45) is 2.49. The van der Waals surface area contributed by atoms with Crippen LogP contribution >= 0.6 is 0 Å². The predicted molar refractivity (Wildman–Crippen MR) is 130 cm³/mol. The summed E-state index contributed by atoms with van der Waals surface area (Å²) in [5.74, 6) is -1.05. The van der Waals surface area contributed by atoms with Crippen LogP contribution in [0, 0.1) is 5.82 Å². The molecule has 3 aromatic rings. The van der Waals surface area contributed by atoms with Gasteiger partial charge in [0.25, 0.3) is 11.8 Å². The summed E-state index contributed by atoms with van der Waals surface area (Å²) in [6.45, 7) is 4.19. The third kappa shape index (κ3) is 6.12. The van der Waals surface area contributed by atoms with E-state index in [2.05, 4.69) is 15.4 Å². The molecule has 9 nitrogen and oxygen atoms in total. The lowest BCUT2D eigenvalue weighted by atomic mass is 10.2. The molecule has 0 bridgehead atoms. The summed E-state index contributed by atoms with van der Waals surface area (Å²) in [4.78, 5) is 46.0. The number of hydrogen-bond acceptors (Lipinski definition) is 5. The van der Waals surface area contributed by atoms with Gasteiger partial charge in [-0.25, -0.2) is 4.39 Å². The van der Waals surface area contributed by atoms with Crippen molar-refractivity contribution >= 4 is 17.7 Å². The van der Waals surface area contributed by atoms with Crippen molar-refractivity contribution in [1.82, 2.24) is 29.9 Å². The van der Waals surface area contributed by atoms with Gasteiger partial charge in [0.05, 0.1) is 12.2 Å². The molecule has 36 heavy (non-hydrogen) atoms. The number of aromatic nitrogens is 3. The topological polar surface area (TPSA) is 100 Å². The van der Waals surface area contributed by atoms with Crippen molar-refractivity contribution in [2.45, 2.75) is 39.4 Å². The number of benzene rings is 1. The van der Waals surface area contributed by atoms with Gasteiger partial charge in [-0.1, -0.05) is 18.2 Å². The van der Waals surface area contributed by atoms with Gasteiger partial charge in [0.1, 0.15) is 11.5 Å². The molecule has 0 atom stereocenters. The minimum atomic E-state index is -0.326. The lowest BCUT2D eigenvalue weighted by molar-refractivity contribution is -0.121. The van der Waals surface area contributed by atoms with Crippen molar-refractivity contribution in [3.05, 3.63) is 83.2 Å². The van der Waals surface area contributed by atoms with Crippen molar-refractivity contribution in [1.29, 1.82) is 0 Å². The van der Waals surface area contributed by atoms with Crippen molar-refractivity contribution in [3.63, 3.8) is 0 Å². The molecular weight excluding hydrogens is 463 g/mol. The van der Waals surface area contributed by atoms with Gasteiger partial charge in [-0.15, -0.1) is 0 Å². The highest BCUT2D eigenvalue weighted by atomic mass is 19.1. The molecule has 1 N–H and O–H groups in total. The summed E-state index contributed by atoms with van der Waals surface area (Å²) in [5.41, 5.74) is 2.11. The average molecular weight is 493 g/mol. The summed E-state index contributed by atoms with van der Waals surface area (Å²) < 4.78 is 14.8. The van der Waals surface area contributed by atoms with E-state index in [0.29, 0.717) is 44.8 Å². The van der Waals surface area contributed by atoms with Crippen LogP contribution in [0.3, 0.4) is 0 Å². The standard InChI is InChI=1S/C26H29FN6O3/c1-2-31(15-11-24(34)29-17-21-6-3-4-12-28-21)25(35)22-16-23-26(36)32(13-5-14-33(23)30-22)18-19-7-9-20(27)10-8-19/h3-4,6-10,12,16H,2,5,11,13-15,17-18H2,1H3,(H,29,34). The zero-order valence-corrected chi connectivity index (χ0v) is 20.2. The summed E-state index contributed by atoms with van der Waals surface area (Å²) in [6, 6.07) is 13.1. The van der Waals surface area contributed by atoms with Gasteiger partial charge in [-0.05, 0) is 43.2 Å². The second kappa shape index (κ2) is 11.6. The Kier molecular flexibility index (Phi) is 8.04. The highest BCUT2D eigenvalue weighted by molar-refractivity contribution is 5.98. The van der Waals surface area contributed by atoms with Gasteiger partial charge >= 0.3 is 0 Å². The molecule has 0 spiro atoms. The normalized spacial score (nSPS) is 13.2. The Morgan fingerprint density at radius 2 is 1.94 bits per heavy atom. The van der Waals surface area contributed by atoms with Gasteiger partial charge < -0.3 is 15.1 Å². The van der Waals surface area contributed by atoms with E-state index in [1.54, 1.807) is 32.8 Å². The van der Waals surface area contributed by atoms with Crippen LogP contribution in [0.1, 0.15) is 52.0 Å². The first-order valence-electron chi connectivity index (χ1n) is 12.0. The molecule has 10 heteroatoms. The summed E-state index contributed by atoms with van der Waals surface area (Å²) in [7, 11) is 0. The molecule has 1 aliphatic heterocycles. The fourth-order valence-corrected chi connectivity index (χ4v) is 4.08. The summed E-state index contributed by atoms with van der Waals surface area (Å²) in [5, 5.41) is 7.21. The Bertz CT molecular complexity index is 1210. The molecule has 0 fully saturated rings. The van der Waals surface area contributed by atoms with E-state index >= 15 is 0 Å². The van der Waals surface area contributed by atoms with Gasteiger partial charge in [0, 0.05) is 51.4 Å². The number of carbonyl (C=O) groups excluding carboxylic acids is 3. The first-order valence-corrected chi connectivity index (χ1v) is 12.0. The molecule has 2 aromatic heterocycles.